The number of rotatable bonds is 1. The molecule has 2 atom stereocenters. The molecule has 0 bridgehead atoms. The van der Waals surface area contributed by atoms with E-state index in [0.29, 0.717) is 6.54 Å². The Hall–Kier alpha value is -0.610. The highest BCUT2D eigenvalue weighted by Crippen LogP contribution is 2.10. The van der Waals surface area contributed by atoms with Gasteiger partial charge in [-0.05, 0) is 19.8 Å². The molecule has 70 valence electrons. The van der Waals surface area contributed by atoms with E-state index in [4.69, 9.17) is 5.73 Å². The summed E-state index contributed by atoms with van der Waals surface area (Å²) in [6, 6.07) is -0.449. The summed E-state index contributed by atoms with van der Waals surface area (Å²) in [4.78, 5) is 13.0. The van der Waals surface area contributed by atoms with Crippen molar-refractivity contribution in [3.8, 4) is 0 Å². The molecule has 1 aliphatic heterocycles. The number of amides is 1. The van der Waals surface area contributed by atoms with Gasteiger partial charge in [-0.2, -0.15) is 0 Å². The number of hydrogen-bond acceptors (Lipinski definition) is 3. The van der Waals surface area contributed by atoms with Gasteiger partial charge in [0, 0.05) is 13.1 Å². The van der Waals surface area contributed by atoms with E-state index in [9.17, 15) is 9.90 Å². The lowest BCUT2D eigenvalue weighted by molar-refractivity contribution is -0.135. The molecular formula is C8H16N2O2. The summed E-state index contributed by atoms with van der Waals surface area (Å²) in [5, 5.41) is 9.28. The summed E-state index contributed by atoms with van der Waals surface area (Å²) < 4.78 is 0. The van der Waals surface area contributed by atoms with Crippen molar-refractivity contribution < 1.29 is 9.90 Å². The van der Waals surface area contributed by atoms with Crippen molar-refractivity contribution in [3.05, 3.63) is 0 Å². The molecule has 0 aromatic rings. The SMILES string of the molecule is C[C@@H](N)C(=O)N1CCC[C@H](O)C1. The Morgan fingerprint density at radius 2 is 2.42 bits per heavy atom. The van der Waals surface area contributed by atoms with Crippen molar-refractivity contribution in [2.75, 3.05) is 13.1 Å². The molecule has 0 spiro atoms. The third-order valence-electron chi connectivity index (χ3n) is 2.10. The van der Waals surface area contributed by atoms with Gasteiger partial charge >= 0.3 is 0 Å². The molecule has 1 rings (SSSR count). The fraction of sp³-hybridized carbons (Fsp3) is 0.875. The Morgan fingerprint density at radius 1 is 1.75 bits per heavy atom. The van der Waals surface area contributed by atoms with Crippen molar-refractivity contribution in [2.24, 2.45) is 5.73 Å². The first-order valence-corrected chi connectivity index (χ1v) is 4.33. The van der Waals surface area contributed by atoms with E-state index in [1.807, 2.05) is 0 Å². The van der Waals surface area contributed by atoms with E-state index in [-0.39, 0.29) is 12.0 Å². The Bertz CT molecular complexity index is 170. The monoisotopic (exact) mass is 172 g/mol. The second-order valence-electron chi connectivity index (χ2n) is 3.37. The van der Waals surface area contributed by atoms with Gasteiger partial charge in [-0.1, -0.05) is 0 Å². The van der Waals surface area contributed by atoms with Crippen molar-refractivity contribution in [2.45, 2.75) is 31.9 Å². The number of carbonyl (C=O) groups is 1. The quantitative estimate of drug-likeness (QED) is 0.550. The van der Waals surface area contributed by atoms with Crippen molar-refractivity contribution in [1.29, 1.82) is 0 Å². The predicted molar refractivity (Wildman–Crippen MR) is 45.5 cm³/mol. The third kappa shape index (κ3) is 2.19. The zero-order valence-electron chi connectivity index (χ0n) is 7.36. The van der Waals surface area contributed by atoms with Crippen LogP contribution in [0.15, 0.2) is 0 Å². The first kappa shape index (κ1) is 9.48. The molecule has 4 nitrogen and oxygen atoms in total. The fourth-order valence-electron chi connectivity index (χ4n) is 1.44. The van der Waals surface area contributed by atoms with Crippen LogP contribution in [0.1, 0.15) is 19.8 Å². The van der Waals surface area contributed by atoms with Crippen molar-refractivity contribution in [3.63, 3.8) is 0 Å². The average molecular weight is 172 g/mol. The van der Waals surface area contributed by atoms with Crippen LogP contribution in [-0.2, 0) is 4.79 Å². The largest absolute Gasteiger partial charge is 0.391 e. The average Bonchev–Trinajstić information content (AvgIpc) is 2.03. The van der Waals surface area contributed by atoms with E-state index in [1.54, 1.807) is 11.8 Å². The molecule has 0 aromatic carbocycles. The normalized spacial score (nSPS) is 26.9. The highest BCUT2D eigenvalue weighted by Gasteiger charge is 2.23. The molecule has 0 saturated carbocycles. The van der Waals surface area contributed by atoms with Gasteiger partial charge in [0.25, 0.3) is 0 Å². The van der Waals surface area contributed by atoms with Gasteiger partial charge in [-0.3, -0.25) is 4.79 Å². The third-order valence-corrected chi connectivity index (χ3v) is 2.10. The molecule has 1 fully saturated rings. The minimum Gasteiger partial charge on any atom is -0.391 e. The minimum atomic E-state index is -0.449. The van der Waals surface area contributed by atoms with E-state index in [2.05, 4.69) is 0 Å². The summed E-state index contributed by atoms with van der Waals surface area (Å²) in [6.07, 6.45) is 1.31. The second kappa shape index (κ2) is 3.87. The number of β-amino-alcohol motifs (C(OH)–C–C–N with tert-alkyl or cyclic N) is 1. The van der Waals surface area contributed by atoms with Crippen LogP contribution in [0.25, 0.3) is 0 Å². The molecule has 0 aromatic heterocycles. The molecule has 1 aliphatic rings. The smallest absolute Gasteiger partial charge is 0.239 e. The standard InChI is InChI=1S/C8H16N2O2/c1-6(9)8(12)10-4-2-3-7(11)5-10/h6-7,11H,2-5,9H2,1H3/t6-,7+/m1/s1. The lowest BCUT2D eigenvalue weighted by Crippen LogP contribution is -2.48. The molecule has 0 radical (unpaired) electrons. The van der Waals surface area contributed by atoms with Crippen molar-refractivity contribution >= 4 is 5.91 Å². The number of piperidine rings is 1. The van der Waals surface area contributed by atoms with Gasteiger partial charge in [0.05, 0.1) is 12.1 Å². The maximum absolute atomic E-state index is 11.3. The Balaban J connectivity index is 2.46. The number of likely N-dealkylation sites (tertiary alicyclic amines) is 1. The zero-order valence-corrected chi connectivity index (χ0v) is 7.36. The van der Waals surface area contributed by atoms with Gasteiger partial charge in [-0.15, -0.1) is 0 Å². The van der Waals surface area contributed by atoms with Gasteiger partial charge < -0.3 is 15.7 Å². The van der Waals surface area contributed by atoms with Crippen molar-refractivity contribution in [1.82, 2.24) is 4.90 Å². The number of hydrogen-bond donors (Lipinski definition) is 2. The molecule has 1 amide bonds. The lowest BCUT2D eigenvalue weighted by Gasteiger charge is -2.31. The van der Waals surface area contributed by atoms with Gasteiger partial charge in [0.1, 0.15) is 0 Å². The summed E-state index contributed by atoms with van der Waals surface area (Å²) in [5.41, 5.74) is 5.44. The molecule has 4 heteroatoms. The van der Waals surface area contributed by atoms with E-state index in [1.165, 1.54) is 0 Å². The van der Waals surface area contributed by atoms with E-state index >= 15 is 0 Å². The van der Waals surface area contributed by atoms with Crippen LogP contribution in [0.4, 0.5) is 0 Å². The van der Waals surface area contributed by atoms with Gasteiger partial charge in [-0.25, -0.2) is 0 Å². The molecule has 12 heavy (non-hydrogen) atoms. The van der Waals surface area contributed by atoms with Crippen LogP contribution in [0, 0.1) is 0 Å². The van der Waals surface area contributed by atoms with Crippen LogP contribution < -0.4 is 5.73 Å². The van der Waals surface area contributed by atoms with Crippen LogP contribution in [0.5, 0.6) is 0 Å². The molecule has 3 N–H and O–H groups in total. The van der Waals surface area contributed by atoms with E-state index < -0.39 is 6.04 Å². The Labute approximate surface area is 72.3 Å². The molecule has 1 saturated heterocycles. The summed E-state index contributed by atoms with van der Waals surface area (Å²) in [7, 11) is 0. The molecule has 1 heterocycles. The first-order valence-electron chi connectivity index (χ1n) is 4.33. The zero-order chi connectivity index (χ0) is 9.14. The van der Waals surface area contributed by atoms with Gasteiger partial charge in [0.2, 0.25) is 5.91 Å². The van der Waals surface area contributed by atoms with Crippen LogP contribution in [0.2, 0.25) is 0 Å². The number of nitrogens with two attached hydrogens (primary N) is 1. The number of aliphatic hydroxyl groups is 1. The first-order chi connectivity index (χ1) is 5.61. The summed E-state index contributed by atoms with van der Waals surface area (Å²) in [5.74, 6) is -0.0613. The highest BCUT2D eigenvalue weighted by molar-refractivity contribution is 5.81. The van der Waals surface area contributed by atoms with Gasteiger partial charge in [0.15, 0.2) is 0 Å². The Morgan fingerprint density at radius 3 is 2.92 bits per heavy atom. The summed E-state index contributed by atoms with van der Waals surface area (Å²) >= 11 is 0. The predicted octanol–water partition coefficient (Wildman–Crippen LogP) is -0.683. The van der Waals surface area contributed by atoms with Crippen LogP contribution in [-0.4, -0.2) is 41.1 Å². The van der Waals surface area contributed by atoms with E-state index in [0.717, 1.165) is 19.4 Å². The van der Waals surface area contributed by atoms with Crippen LogP contribution >= 0.6 is 0 Å². The fourth-order valence-corrected chi connectivity index (χ4v) is 1.44. The number of carbonyl (C=O) groups excluding carboxylic acids is 1. The van der Waals surface area contributed by atoms with Crippen LogP contribution in [0.3, 0.4) is 0 Å². The maximum atomic E-state index is 11.3. The highest BCUT2D eigenvalue weighted by atomic mass is 16.3. The topological polar surface area (TPSA) is 66.6 Å². The summed E-state index contributed by atoms with van der Waals surface area (Å²) in [6.45, 7) is 2.85. The minimum absolute atomic E-state index is 0.0613. The number of aliphatic hydroxyl groups excluding tert-OH is 1. The maximum Gasteiger partial charge on any atom is 0.239 e. The number of nitrogens with zero attached hydrogens (tertiary/aromatic N) is 1. The second-order valence-corrected chi connectivity index (χ2v) is 3.37. The molecule has 0 unspecified atom stereocenters. The Kier molecular flexibility index (Phi) is 3.05. The lowest BCUT2D eigenvalue weighted by atomic mass is 10.1. The molecule has 0 aliphatic carbocycles. The molecular weight excluding hydrogens is 156 g/mol.